The van der Waals surface area contributed by atoms with Crippen LogP contribution in [0, 0.1) is 5.92 Å². The molecule has 0 saturated heterocycles. The molecule has 1 unspecified atom stereocenters. The molecule has 2 N–H and O–H groups in total. The van der Waals surface area contributed by atoms with Gasteiger partial charge in [0.2, 0.25) is 10.0 Å². The van der Waals surface area contributed by atoms with E-state index in [1.165, 1.54) is 18.3 Å². The molecule has 1 aromatic heterocycles. The minimum Gasteiger partial charge on any atom is -0.373 e. The van der Waals surface area contributed by atoms with Gasteiger partial charge in [-0.3, -0.25) is 0 Å². The van der Waals surface area contributed by atoms with Crippen LogP contribution >= 0.6 is 0 Å². The molecule has 7 heteroatoms. The van der Waals surface area contributed by atoms with E-state index in [4.69, 9.17) is 0 Å². The van der Waals surface area contributed by atoms with Gasteiger partial charge in [0, 0.05) is 31.9 Å². The third-order valence-electron chi connectivity index (χ3n) is 2.97. The van der Waals surface area contributed by atoms with Gasteiger partial charge in [0.15, 0.2) is 0 Å². The number of nitrogens with zero attached hydrogens (tertiary/aromatic N) is 2. The molecule has 0 radical (unpaired) electrons. The average Bonchev–Trinajstić information content (AvgIpc) is 2.37. The topological polar surface area (TPSA) is 74.3 Å². The van der Waals surface area contributed by atoms with Gasteiger partial charge < -0.3 is 10.2 Å². The summed E-state index contributed by atoms with van der Waals surface area (Å²) in [4.78, 5) is 6.22. The molecule has 0 spiro atoms. The van der Waals surface area contributed by atoms with Crippen molar-refractivity contribution in [2.45, 2.75) is 24.8 Å². The molecule has 0 aliphatic rings. The van der Waals surface area contributed by atoms with Crippen LogP contribution in [0.1, 0.15) is 13.8 Å². The van der Waals surface area contributed by atoms with Gasteiger partial charge in [-0.05, 0) is 26.1 Å². The maximum atomic E-state index is 12.4. The van der Waals surface area contributed by atoms with E-state index < -0.39 is 10.0 Å². The zero-order valence-corrected chi connectivity index (χ0v) is 13.5. The number of anilines is 1. The Morgan fingerprint density at radius 1 is 1.35 bits per heavy atom. The minimum absolute atomic E-state index is 0.138. The number of sulfonamides is 1. The largest absolute Gasteiger partial charge is 0.373 e. The number of rotatable bonds is 7. The van der Waals surface area contributed by atoms with E-state index in [0.29, 0.717) is 12.4 Å². The van der Waals surface area contributed by atoms with Gasteiger partial charge in [0.25, 0.3) is 0 Å². The zero-order valence-electron chi connectivity index (χ0n) is 12.7. The molecule has 6 nitrogen and oxygen atoms in total. The Kier molecular flexibility index (Phi) is 5.91. The number of nitrogens with one attached hydrogen (secondary N) is 2. The summed E-state index contributed by atoms with van der Waals surface area (Å²) in [6.45, 7) is 4.66. The summed E-state index contributed by atoms with van der Waals surface area (Å²) in [5.74, 6) is 0.736. The highest BCUT2D eigenvalue weighted by Crippen LogP contribution is 2.14. The number of likely N-dealkylation sites (N-methyl/N-ethyl adjacent to an activating group) is 1. The molecule has 0 saturated carbocycles. The lowest BCUT2D eigenvalue weighted by Gasteiger charge is -2.25. The molecule has 0 aliphatic heterocycles. The third-order valence-corrected chi connectivity index (χ3v) is 4.46. The van der Waals surface area contributed by atoms with Gasteiger partial charge in [0.05, 0.1) is 4.90 Å². The predicted octanol–water partition coefficient (Wildman–Crippen LogP) is 0.988. The van der Waals surface area contributed by atoms with Crippen molar-refractivity contribution in [3.63, 3.8) is 0 Å². The van der Waals surface area contributed by atoms with E-state index >= 15 is 0 Å². The fourth-order valence-electron chi connectivity index (χ4n) is 1.76. The molecular formula is C13H24N4O2S. The van der Waals surface area contributed by atoms with Gasteiger partial charge in [-0.15, -0.1) is 0 Å². The molecular weight excluding hydrogens is 276 g/mol. The molecule has 20 heavy (non-hydrogen) atoms. The molecule has 0 amide bonds. The molecule has 0 bridgehead atoms. The molecule has 114 valence electrons. The third kappa shape index (κ3) is 4.73. The first-order valence-electron chi connectivity index (χ1n) is 6.57. The summed E-state index contributed by atoms with van der Waals surface area (Å²) in [7, 11) is 2.02. The summed E-state index contributed by atoms with van der Waals surface area (Å²) in [5.41, 5.74) is 0. The van der Waals surface area contributed by atoms with Crippen molar-refractivity contribution in [1.82, 2.24) is 14.6 Å². The van der Waals surface area contributed by atoms with Crippen LogP contribution in [-0.4, -0.2) is 52.0 Å². The number of aromatic nitrogens is 1. The lowest BCUT2D eigenvalue weighted by molar-refractivity contribution is 0.314. The molecule has 0 fully saturated rings. The van der Waals surface area contributed by atoms with Crippen molar-refractivity contribution in [3.05, 3.63) is 18.3 Å². The number of hydrogen-bond donors (Lipinski definition) is 2. The van der Waals surface area contributed by atoms with Crippen LogP contribution in [0.25, 0.3) is 0 Å². The summed E-state index contributed by atoms with van der Waals surface area (Å²) in [5, 5.41) is 2.84. The monoisotopic (exact) mass is 300 g/mol. The normalized spacial score (nSPS) is 13.8. The van der Waals surface area contributed by atoms with Gasteiger partial charge in [0.1, 0.15) is 5.82 Å². The Hall–Kier alpha value is -1.18. The lowest BCUT2D eigenvalue weighted by Crippen LogP contribution is -2.44. The fraction of sp³-hybridized carbons (Fsp3) is 0.615. The first kappa shape index (κ1) is 16.9. The van der Waals surface area contributed by atoms with Gasteiger partial charge >= 0.3 is 0 Å². The maximum Gasteiger partial charge on any atom is 0.241 e. The van der Waals surface area contributed by atoms with Crippen LogP contribution in [0.3, 0.4) is 0 Å². The second-order valence-corrected chi connectivity index (χ2v) is 7.07. The maximum absolute atomic E-state index is 12.4. The zero-order chi connectivity index (χ0) is 15.3. The summed E-state index contributed by atoms with van der Waals surface area (Å²) in [6.07, 6.45) is 1.48. The molecule has 0 aromatic carbocycles. The first-order chi connectivity index (χ1) is 9.26. The van der Waals surface area contributed by atoms with E-state index in [1.807, 2.05) is 32.8 Å². The molecule has 1 heterocycles. The first-order valence-corrected chi connectivity index (χ1v) is 8.05. The number of hydrogen-bond acceptors (Lipinski definition) is 5. The summed E-state index contributed by atoms with van der Waals surface area (Å²) < 4.78 is 27.6. The molecule has 0 aliphatic carbocycles. The quantitative estimate of drug-likeness (QED) is 0.785. The van der Waals surface area contributed by atoms with Crippen LogP contribution in [0.15, 0.2) is 23.2 Å². The van der Waals surface area contributed by atoms with Crippen LogP contribution in [0.4, 0.5) is 5.82 Å². The van der Waals surface area contributed by atoms with Crippen molar-refractivity contribution in [3.8, 4) is 0 Å². The minimum atomic E-state index is -3.54. The van der Waals surface area contributed by atoms with Crippen molar-refractivity contribution < 1.29 is 8.42 Å². The van der Waals surface area contributed by atoms with E-state index in [9.17, 15) is 8.42 Å². The molecule has 1 rings (SSSR count). The fourth-order valence-corrected chi connectivity index (χ4v) is 3.15. The Labute approximate surface area is 121 Å². The molecule has 1 atom stereocenters. The van der Waals surface area contributed by atoms with E-state index in [0.717, 1.165) is 0 Å². The Morgan fingerprint density at radius 3 is 2.50 bits per heavy atom. The Balaban J connectivity index is 2.97. The lowest BCUT2D eigenvalue weighted by atomic mass is 10.1. The highest BCUT2D eigenvalue weighted by atomic mass is 32.2. The number of pyridine rings is 1. The van der Waals surface area contributed by atoms with Gasteiger partial charge in [-0.2, -0.15) is 0 Å². The standard InChI is InChI=1S/C13H24N4O2S/c1-10(2)12(9-17(4)5)16-20(18,19)11-6-7-15-13(8-11)14-3/h6-8,10,12,16H,9H2,1-5H3,(H,14,15). The van der Waals surface area contributed by atoms with Gasteiger partial charge in [-0.25, -0.2) is 18.1 Å². The Morgan fingerprint density at radius 2 is 2.00 bits per heavy atom. The van der Waals surface area contributed by atoms with Crippen molar-refractivity contribution in [1.29, 1.82) is 0 Å². The second-order valence-electron chi connectivity index (χ2n) is 5.36. The summed E-state index contributed by atoms with van der Waals surface area (Å²) in [6, 6.07) is 2.88. The van der Waals surface area contributed by atoms with E-state index in [-0.39, 0.29) is 16.9 Å². The van der Waals surface area contributed by atoms with Crippen molar-refractivity contribution in [2.75, 3.05) is 33.0 Å². The van der Waals surface area contributed by atoms with Gasteiger partial charge in [-0.1, -0.05) is 13.8 Å². The highest BCUT2D eigenvalue weighted by molar-refractivity contribution is 7.89. The van der Waals surface area contributed by atoms with Crippen molar-refractivity contribution >= 4 is 15.8 Å². The van der Waals surface area contributed by atoms with E-state index in [1.54, 1.807) is 7.05 Å². The second kappa shape index (κ2) is 7.01. The highest BCUT2D eigenvalue weighted by Gasteiger charge is 2.23. The van der Waals surface area contributed by atoms with Crippen LogP contribution in [0.2, 0.25) is 0 Å². The molecule has 1 aromatic rings. The predicted molar refractivity (Wildman–Crippen MR) is 81.3 cm³/mol. The van der Waals surface area contributed by atoms with Crippen molar-refractivity contribution in [2.24, 2.45) is 5.92 Å². The average molecular weight is 300 g/mol. The Bertz CT molecular complexity index is 529. The summed E-state index contributed by atoms with van der Waals surface area (Å²) >= 11 is 0. The van der Waals surface area contributed by atoms with Crippen LogP contribution < -0.4 is 10.0 Å². The SMILES string of the molecule is CNc1cc(S(=O)(=O)NC(CN(C)C)C(C)C)ccn1. The van der Waals surface area contributed by atoms with E-state index in [2.05, 4.69) is 15.0 Å². The smallest absolute Gasteiger partial charge is 0.241 e. The van der Waals surface area contributed by atoms with Crippen LogP contribution in [0.5, 0.6) is 0 Å². The van der Waals surface area contributed by atoms with Crippen LogP contribution in [-0.2, 0) is 10.0 Å².